The molecule has 2 amide bonds. The zero-order valence-corrected chi connectivity index (χ0v) is 22.4. The van der Waals surface area contributed by atoms with E-state index in [0.29, 0.717) is 38.2 Å². The van der Waals surface area contributed by atoms with E-state index < -0.39 is 5.97 Å². The summed E-state index contributed by atoms with van der Waals surface area (Å²) in [5.74, 6) is -0.724. The van der Waals surface area contributed by atoms with Gasteiger partial charge in [-0.3, -0.25) is 9.59 Å². The van der Waals surface area contributed by atoms with Crippen molar-refractivity contribution in [1.82, 2.24) is 10.2 Å². The molecule has 2 atom stereocenters. The third-order valence-electron chi connectivity index (χ3n) is 7.95. The van der Waals surface area contributed by atoms with E-state index in [-0.39, 0.29) is 35.8 Å². The van der Waals surface area contributed by atoms with Crippen LogP contribution in [-0.4, -0.2) is 47.5 Å². The molecule has 0 spiro atoms. The van der Waals surface area contributed by atoms with Gasteiger partial charge in [-0.25, -0.2) is 4.79 Å². The van der Waals surface area contributed by atoms with Crippen LogP contribution in [0.15, 0.2) is 60.7 Å². The Hall–Kier alpha value is -3.97. The van der Waals surface area contributed by atoms with Gasteiger partial charge >= 0.3 is 5.97 Å². The first-order valence-corrected chi connectivity index (χ1v) is 13.5. The first-order valence-electron chi connectivity index (χ1n) is 13.5. The van der Waals surface area contributed by atoms with E-state index in [1.165, 1.54) is 5.56 Å². The Labute approximate surface area is 228 Å². The summed E-state index contributed by atoms with van der Waals surface area (Å²) in [6.07, 6.45) is 1.49. The second kappa shape index (κ2) is 11.4. The summed E-state index contributed by atoms with van der Waals surface area (Å²) in [5, 5.41) is 12.8. The highest BCUT2D eigenvalue weighted by atomic mass is 16.5. The van der Waals surface area contributed by atoms with Crippen LogP contribution in [0, 0.1) is 12.8 Å². The lowest BCUT2D eigenvalue weighted by atomic mass is 9.85. The van der Waals surface area contributed by atoms with Crippen LogP contribution in [-0.2, 0) is 33.8 Å². The van der Waals surface area contributed by atoms with E-state index in [1.807, 2.05) is 50.2 Å². The van der Waals surface area contributed by atoms with Crippen molar-refractivity contribution in [3.8, 4) is 11.1 Å². The Morgan fingerprint density at radius 2 is 1.79 bits per heavy atom. The highest BCUT2D eigenvalue weighted by molar-refractivity contribution is 5.92. The summed E-state index contributed by atoms with van der Waals surface area (Å²) in [6, 6.07) is 19.5. The molecule has 2 N–H and O–H groups in total. The molecular formula is C32H34N2O5. The summed E-state index contributed by atoms with van der Waals surface area (Å²) in [5.41, 5.74) is 7.12. The zero-order valence-electron chi connectivity index (χ0n) is 22.4. The number of hydrogen-bond donors (Lipinski definition) is 2. The number of carbonyl (C=O) groups is 3. The average Bonchev–Trinajstić information content (AvgIpc) is 3.76. The molecule has 1 aliphatic heterocycles. The van der Waals surface area contributed by atoms with Crippen molar-refractivity contribution in [3.63, 3.8) is 0 Å². The number of carbonyl (C=O) groups excluding carboxylic acids is 2. The normalized spacial score (nSPS) is 17.8. The Balaban J connectivity index is 1.42. The van der Waals surface area contributed by atoms with E-state index in [2.05, 4.69) is 17.4 Å². The van der Waals surface area contributed by atoms with Crippen LogP contribution in [0.25, 0.3) is 11.1 Å². The molecular weight excluding hydrogens is 492 g/mol. The molecule has 1 heterocycles. The topological polar surface area (TPSA) is 95.9 Å². The molecule has 3 aromatic rings. The summed E-state index contributed by atoms with van der Waals surface area (Å²) in [6.45, 7) is 5.57. The lowest BCUT2D eigenvalue weighted by molar-refractivity contribution is -0.137. The largest absolute Gasteiger partial charge is 0.478 e. The van der Waals surface area contributed by atoms with Crippen molar-refractivity contribution in [2.45, 2.75) is 45.7 Å². The minimum atomic E-state index is -0.955. The van der Waals surface area contributed by atoms with E-state index in [9.17, 15) is 19.5 Å². The molecule has 1 aliphatic carbocycles. The molecule has 0 bridgehead atoms. The number of carboxylic acids is 1. The number of fused-ring (bicyclic) bond motifs is 1. The van der Waals surface area contributed by atoms with Gasteiger partial charge < -0.3 is 20.1 Å². The lowest BCUT2D eigenvalue weighted by Crippen LogP contribution is -2.39. The van der Waals surface area contributed by atoms with Crippen LogP contribution in [0.1, 0.15) is 57.4 Å². The van der Waals surface area contributed by atoms with Gasteiger partial charge in [0, 0.05) is 32.2 Å². The number of nitrogens with one attached hydrogen (secondary N) is 1. The molecule has 0 aromatic heterocycles. The average molecular weight is 527 g/mol. The number of hydrogen-bond acceptors (Lipinski definition) is 4. The monoisotopic (exact) mass is 526 g/mol. The second-order valence-electron chi connectivity index (χ2n) is 10.3. The van der Waals surface area contributed by atoms with Gasteiger partial charge in [0.1, 0.15) is 6.61 Å². The third kappa shape index (κ3) is 5.59. The molecule has 2 unspecified atom stereocenters. The van der Waals surface area contributed by atoms with Gasteiger partial charge in [-0.15, -0.1) is 0 Å². The highest BCUT2D eigenvalue weighted by Gasteiger charge is 2.43. The molecule has 202 valence electrons. The van der Waals surface area contributed by atoms with Crippen molar-refractivity contribution in [2.24, 2.45) is 5.92 Å². The molecule has 5 rings (SSSR count). The second-order valence-corrected chi connectivity index (χ2v) is 10.3. The van der Waals surface area contributed by atoms with Crippen molar-refractivity contribution in [2.75, 3.05) is 19.8 Å². The summed E-state index contributed by atoms with van der Waals surface area (Å²) < 4.78 is 5.37. The standard InChI is InChI=1S/C32H34N2O5/c1-3-39-19-30(35)34-15-14-26-25(23-10-7-11-24(20(23)2)32(37)38)13-12-22(29(26)18-34)17-33-31(36)28-16-27(28)21-8-5-4-6-9-21/h4-13,27-28H,3,14-19H2,1-2H3,(H,33,36)(H,37,38). The van der Waals surface area contributed by atoms with E-state index in [1.54, 1.807) is 17.0 Å². The van der Waals surface area contributed by atoms with Crippen molar-refractivity contribution >= 4 is 17.8 Å². The van der Waals surface area contributed by atoms with Crippen LogP contribution < -0.4 is 5.32 Å². The maximum absolute atomic E-state index is 13.0. The molecule has 39 heavy (non-hydrogen) atoms. The van der Waals surface area contributed by atoms with Crippen molar-refractivity contribution in [1.29, 1.82) is 0 Å². The van der Waals surface area contributed by atoms with Gasteiger partial charge in [-0.1, -0.05) is 54.6 Å². The number of amides is 2. The molecule has 3 aromatic carbocycles. The summed E-state index contributed by atoms with van der Waals surface area (Å²) in [7, 11) is 0. The molecule has 1 fully saturated rings. The zero-order chi connectivity index (χ0) is 27.5. The van der Waals surface area contributed by atoms with Crippen LogP contribution in [0.3, 0.4) is 0 Å². The van der Waals surface area contributed by atoms with Gasteiger partial charge in [0.15, 0.2) is 0 Å². The van der Waals surface area contributed by atoms with E-state index in [4.69, 9.17) is 4.74 Å². The molecule has 7 heteroatoms. The quantitative estimate of drug-likeness (QED) is 0.421. The fraction of sp³-hybridized carbons (Fsp3) is 0.344. The highest BCUT2D eigenvalue weighted by Crippen LogP contribution is 2.47. The molecule has 0 saturated heterocycles. The Morgan fingerprint density at radius 3 is 2.54 bits per heavy atom. The molecule has 2 aliphatic rings. The van der Waals surface area contributed by atoms with Gasteiger partial charge in [0.05, 0.1) is 5.56 Å². The van der Waals surface area contributed by atoms with Crippen LogP contribution in [0.5, 0.6) is 0 Å². The first kappa shape index (κ1) is 26.6. The van der Waals surface area contributed by atoms with E-state index >= 15 is 0 Å². The Morgan fingerprint density at radius 1 is 1.00 bits per heavy atom. The number of aromatic carboxylic acids is 1. The van der Waals surface area contributed by atoms with Crippen LogP contribution >= 0.6 is 0 Å². The molecule has 0 radical (unpaired) electrons. The lowest BCUT2D eigenvalue weighted by Gasteiger charge is -2.32. The van der Waals surface area contributed by atoms with Gasteiger partial charge in [-0.05, 0) is 77.6 Å². The van der Waals surface area contributed by atoms with Gasteiger partial charge in [0.25, 0.3) is 0 Å². The third-order valence-corrected chi connectivity index (χ3v) is 7.95. The number of ether oxygens (including phenoxy) is 1. The Bertz CT molecular complexity index is 1400. The van der Waals surface area contributed by atoms with Gasteiger partial charge in [-0.2, -0.15) is 0 Å². The number of nitrogens with zero attached hydrogens (tertiary/aromatic N) is 1. The van der Waals surface area contributed by atoms with Gasteiger partial charge in [0.2, 0.25) is 11.8 Å². The number of benzene rings is 3. The van der Waals surface area contributed by atoms with Crippen LogP contribution in [0.4, 0.5) is 0 Å². The van der Waals surface area contributed by atoms with E-state index in [0.717, 1.165) is 34.2 Å². The van der Waals surface area contributed by atoms with Crippen LogP contribution in [0.2, 0.25) is 0 Å². The summed E-state index contributed by atoms with van der Waals surface area (Å²) in [4.78, 5) is 39.4. The minimum Gasteiger partial charge on any atom is -0.478 e. The number of rotatable bonds is 9. The number of carboxylic acid groups (broad SMARTS) is 1. The smallest absolute Gasteiger partial charge is 0.335 e. The van der Waals surface area contributed by atoms with Crippen molar-refractivity contribution < 1.29 is 24.2 Å². The SMILES string of the molecule is CCOCC(=O)N1CCc2c(-c3cccc(C(=O)O)c3C)ccc(CNC(=O)C3CC3c3ccccc3)c2C1. The maximum Gasteiger partial charge on any atom is 0.335 e. The maximum atomic E-state index is 13.0. The van der Waals surface area contributed by atoms with Crippen molar-refractivity contribution in [3.05, 3.63) is 94.0 Å². The predicted molar refractivity (Wildman–Crippen MR) is 148 cm³/mol. The fourth-order valence-corrected chi connectivity index (χ4v) is 5.68. The fourth-order valence-electron chi connectivity index (χ4n) is 5.68. The molecule has 7 nitrogen and oxygen atoms in total. The molecule has 1 saturated carbocycles. The minimum absolute atomic E-state index is 0.0202. The predicted octanol–water partition coefficient (Wildman–Crippen LogP) is 4.70. The first-order chi connectivity index (χ1) is 18.9. The Kier molecular flexibility index (Phi) is 7.79. The summed E-state index contributed by atoms with van der Waals surface area (Å²) >= 11 is 0.